The molecule has 7 heteroatoms. The number of para-hydroxylation sites is 2. The van der Waals surface area contributed by atoms with Gasteiger partial charge in [-0.15, -0.1) is 11.3 Å². The van der Waals surface area contributed by atoms with Gasteiger partial charge < -0.3 is 14.6 Å². The average Bonchev–Trinajstić information content (AvgIpc) is 2.91. The fraction of sp³-hybridized carbons (Fsp3) is 0.105. The van der Waals surface area contributed by atoms with Crippen molar-refractivity contribution in [2.24, 2.45) is 7.05 Å². The molecule has 2 heterocycles. The van der Waals surface area contributed by atoms with E-state index in [9.17, 15) is 9.59 Å². The fourth-order valence-corrected chi connectivity index (χ4v) is 3.38. The van der Waals surface area contributed by atoms with Crippen LogP contribution in [0.3, 0.4) is 0 Å². The Hall–Kier alpha value is -3.19. The van der Waals surface area contributed by atoms with Crippen LogP contribution >= 0.6 is 11.3 Å². The number of aromatic nitrogens is 2. The number of methoxy groups -OCH3 is 1. The summed E-state index contributed by atoms with van der Waals surface area (Å²) < 4.78 is 7.76. The summed E-state index contributed by atoms with van der Waals surface area (Å²) in [7, 11) is 3.18. The second-order valence-electron chi connectivity index (χ2n) is 5.43. The van der Waals surface area contributed by atoms with E-state index < -0.39 is 0 Å². The number of rotatable bonds is 4. The monoisotopic (exact) mass is 367 g/mol. The third kappa shape index (κ3) is 3.89. The zero-order chi connectivity index (χ0) is 18.5. The maximum Gasteiger partial charge on any atom is 0.268 e. The Morgan fingerprint density at radius 3 is 2.81 bits per heavy atom. The van der Waals surface area contributed by atoms with E-state index in [0.717, 1.165) is 5.56 Å². The van der Waals surface area contributed by atoms with Gasteiger partial charge >= 0.3 is 0 Å². The Balaban J connectivity index is 1.94. The first-order chi connectivity index (χ1) is 12.6. The summed E-state index contributed by atoms with van der Waals surface area (Å²) in [6.07, 6.45) is 6.51. The van der Waals surface area contributed by atoms with Gasteiger partial charge in [-0.3, -0.25) is 14.6 Å². The van der Waals surface area contributed by atoms with Crippen molar-refractivity contribution in [3.63, 3.8) is 0 Å². The predicted molar refractivity (Wildman–Crippen MR) is 103 cm³/mol. The van der Waals surface area contributed by atoms with E-state index >= 15 is 0 Å². The Bertz CT molecular complexity index is 1100. The molecule has 0 spiro atoms. The lowest BCUT2D eigenvalue weighted by atomic mass is 10.3. The van der Waals surface area contributed by atoms with Crippen molar-refractivity contribution in [2.45, 2.75) is 0 Å². The van der Waals surface area contributed by atoms with E-state index in [-0.39, 0.29) is 11.5 Å². The van der Waals surface area contributed by atoms with E-state index in [1.807, 2.05) is 12.1 Å². The summed E-state index contributed by atoms with van der Waals surface area (Å²) >= 11 is 1.25. The molecule has 0 aliphatic heterocycles. The van der Waals surface area contributed by atoms with Crippen LogP contribution in [0, 0.1) is 0 Å². The predicted octanol–water partition coefficient (Wildman–Crippen LogP) is 1.10. The molecule has 0 bridgehead atoms. The lowest BCUT2D eigenvalue weighted by molar-refractivity contribution is -0.110. The molecule has 1 amide bonds. The van der Waals surface area contributed by atoms with Crippen LogP contribution in [-0.4, -0.2) is 22.6 Å². The molecule has 6 nitrogen and oxygen atoms in total. The van der Waals surface area contributed by atoms with Crippen LogP contribution in [0.2, 0.25) is 0 Å². The molecule has 1 aromatic carbocycles. The molecule has 0 saturated carbocycles. The van der Waals surface area contributed by atoms with Gasteiger partial charge in [-0.25, -0.2) is 0 Å². The van der Waals surface area contributed by atoms with Crippen molar-refractivity contribution in [1.82, 2.24) is 9.55 Å². The Morgan fingerprint density at radius 1 is 1.27 bits per heavy atom. The summed E-state index contributed by atoms with van der Waals surface area (Å²) in [6, 6.07) is 10.8. The van der Waals surface area contributed by atoms with Gasteiger partial charge in [-0.2, -0.15) is 0 Å². The second-order valence-corrected chi connectivity index (χ2v) is 6.50. The number of anilines is 1. The molecule has 0 atom stereocenters. The van der Waals surface area contributed by atoms with Crippen LogP contribution in [0.15, 0.2) is 53.6 Å². The number of carbonyl (C=O) groups is 1. The van der Waals surface area contributed by atoms with Crippen molar-refractivity contribution >= 4 is 35.1 Å². The topological polar surface area (TPSA) is 73.2 Å². The van der Waals surface area contributed by atoms with Gasteiger partial charge in [0, 0.05) is 25.5 Å². The number of ether oxygens (including phenoxy) is 1. The third-order valence-electron chi connectivity index (χ3n) is 3.66. The van der Waals surface area contributed by atoms with E-state index in [1.54, 1.807) is 49.8 Å². The number of benzene rings is 1. The van der Waals surface area contributed by atoms with Crippen molar-refractivity contribution in [3.05, 3.63) is 73.9 Å². The van der Waals surface area contributed by atoms with Gasteiger partial charge in [0.1, 0.15) is 10.4 Å². The van der Waals surface area contributed by atoms with Crippen molar-refractivity contribution in [2.75, 3.05) is 12.4 Å². The lowest BCUT2D eigenvalue weighted by Gasteiger charge is -2.07. The standard InChI is InChI=1S/C19H17N3O3S/c1-22-18(11-17(23)21-14-7-3-4-8-15(14)25-2)26-16(19(22)24)10-13-6-5-9-20-12-13/h3-12H,1-2H3,(H,21,23)/b16-10+,18-11+. The largest absolute Gasteiger partial charge is 0.495 e. The first-order valence-corrected chi connectivity index (χ1v) is 8.63. The number of amides is 1. The summed E-state index contributed by atoms with van der Waals surface area (Å²) in [5, 5.41) is 2.77. The summed E-state index contributed by atoms with van der Waals surface area (Å²) in [4.78, 5) is 28.7. The van der Waals surface area contributed by atoms with Gasteiger partial charge in [0.25, 0.3) is 11.5 Å². The molecule has 1 N–H and O–H groups in total. The van der Waals surface area contributed by atoms with Crippen LogP contribution in [0.5, 0.6) is 5.75 Å². The van der Waals surface area contributed by atoms with Crippen molar-refractivity contribution in [3.8, 4) is 5.75 Å². The van der Waals surface area contributed by atoms with Crippen molar-refractivity contribution < 1.29 is 9.53 Å². The number of thiazole rings is 1. The molecule has 2 aromatic heterocycles. The minimum atomic E-state index is -0.334. The molecular formula is C19H17N3O3S. The normalized spacial score (nSPS) is 12.2. The minimum Gasteiger partial charge on any atom is -0.495 e. The maximum atomic E-state index is 12.4. The Labute approximate surface area is 153 Å². The van der Waals surface area contributed by atoms with E-state index in [1.165, 1.54) is 29.1 Å². The molecule has 26 heavy (non-hydrogen) atoms. The van der Waals surface area contributed by atoms with Crippen LogP contribution in [-0.2, 0) is 11.8 Å². The molecule has 0 aliphatic rings. The minimum absolute atomic E-state index is 0.157. The highest BCUT2D eigenvalue weighted by Crippen LogP contribution is 2.22. The van der Waals surface area contributed by atoms with Gasteiger partial charge in [0.05, 0.1) is 17.3 Å². The second kappa shape index (κ2) is 7.79. The number of nitrogens with zero attached hydrogens (tertiary/aromatic N) is 2. The smallest absolute Gasteiger partial charge is 0.268 e. The molecule has 0 aliphatic carbocycles. The van der Waals surface area contributed by atoms with Crippen molar-refractivity contribution in [1.29, 1.82) is 0 Å². The molecule has 0 radical (unpaired) electrons. The molecule has 3 rings (SSSR count). The summed E-state index contributed by atoms with van der Waals surface area (Å²) in [5.41, 5.74) is 1.24. The Morgan fingerprint density at radius 2 is 2.08 bits per heavy atom. The SMILES string of the molecule is COc1ccccc1NC(=O)/C=c1/s/c(=C/c2cccnc2)c(=O)n1C. The van der Waals surface area contributed by atoms with Crippen LogP contribution in [0.1, 0.15) is 5.56 Å². The molecule has 0 saturated heterocycles. The van der Waals surface area contributed by atoms with Gasteiger partial charge in [0.2, 0.25) is 0 Å². The van der Waals surface area contributed by atoms with Crippen LogP contribution in [0.4, 0.5) is 5.69 Å². The number of pyridine rings is 1. The van der Waals surface area contributed by atoms with Gasteiger partial charge in [-0.1, -0.05) is 18.2 Å². The lowest BCUT2D eigenvalue weighted by Crippen LogP contribution is -2.29. The number of hydrogen-bond donors (Lipinski definition) is 1. The zero-order valence-corrected chi connectivity index (χ0v) is 15.1. The van der Waals surface area contributed by atoms with Gasteiger partial charge in [0.15, 0.2) is 0 Å². The van der Waals surface area contributed by atoms with E-state index in [2.05, 4.69) is 10.3 Å². The molecule has 132 valence electrons. The molecular weight excluding hydrogens is 350 g/mol. The first-order valence-electron chi connectivity index (χ1n) is 7.82. The van der Waals surface area contributed by atoms with Crippen LogP contribution in [0.25, 0.3) is 12.2 Å². The highest BCUT2D eigenvalue weighted by molar-refractivity contribution is 7.07. The maximum absolute atomic E-state index is 12.4. The molecule has 0 unspecified atom stereocenters. The van der Waals surface area contributed by atoms with E-state index in [4.69, 9.17) is 4.74 Å². The third-order valence-corrected chi connectivity index (χ3v) is 4.78. The molecule has 0 fully saturated rings. The summed E-state index contributed by atoms with van der Waals surface area (Å²) in [6.45, 7) is 0. The first kappa shape index (κ1) is 17.6. The number of nitrogens with one attached hydrogen (secondary N) is 1. The molecule has 3 aromatic rings. The number of hydrogen-bond acceptors (Lipinski definition) is 5. The van der Waals surface area contributed by atoms with Gasteiger partial charge in [-0.05, 0) is 29.8 Å². The summed E-state index contributed by atoms with van der Waals surface area (Å²) in [5.74, 6) is 0.235. The fourth-order valence-electron chi connectivity index (χ4n) is 2.35. The van der Waals surface area contributed by atoms with Crippen LogP contribution < -0.4 is 24.8 Å². The zero-order valence-electron chi connectivity index (χ0n) is 14.3. The average molecular weight is 367 g/mol. The van der Waals surface area contributed by atoms with E-state index in [0.29, 0.717) is 20.6 Å². The number of carbonyl (C=O) groups excluding carboxylic acids is 1. The highest BCUT2D eigenvalue weighted by Gasteiger charge is 2.06. The highest BCUT2D eigenvalue weighted by atomic mass is 32.1. The quantitative estimate of drug-likeness (QED) is 0.749. The Kier molecular flexibility index (Phi) is 5.28.